The smallest absolute Gasteiger partial charge is 0.0724 e. The van der Waals surface area contributed by atoms with Crippen LogP contribution in [0.5, 0.6) is 0 Å². The van der Waals surface area contributed by atoms with Crippen LogP contribution in [0.2, 0.25) is 0 Å². The van der Waals surface area contributed by atoms with Gasteiger partial charge in [0.1, 0.15) is 0 Å². The summed E-state index contributed by atoms with van der Waals surface area (Å²) < 4.78 is 0. The molecule has 8 nitrogen and oxygen atoms in total. The molecule has 34 heavy (non-hydrogen) atoms. The van der Waals surface area contributed by atoms with Gasteiger partial charge in [0.15, 0.2) is 0 Å². The van der Waals surface area contributed by atoms with Crippen molar-refractivity contribution in [1.82, 2.24) is 0 Å². The Balaban J connectivity index is 0.000000342. The second-order valence-corrected chi connectivity index (χ2v) is 7.65. The van der Waals surface area contributed by atoms with Crippen LogP contribution in [0.4, 0.5) is 0 Å². The number of carbonyl (C=O) groups excluding carboxylic acids is 4. The van der Waals surface area contributed by atoms with Crippen molar-refractivity contribution in [2.45, 2.75) is 65.7 Å². The molecule has 184 valence electrons. The van der Waals surface area contributed by atoms with Gasteiger partial charge >= 0.3 is 0 Å². The number of aryl methyl sites for hydroxylation is 1. The molecule has 0 aliphatic carbocycles. The van der Waals surface area contributed by atoms with Gasteiger partial charge in [-0.3, -0.25) is 0 Å². The van der Waals surface area contributed by atoms with Gasteiger partial charge in [0.05, 0.1) is 23.9 Å². The number of benzene rings is 2. The first-order chi connectivity index (χ1) is 16.0. The fourth-order valence-electron chi connectivity index (χ4n) is 4.07. The third kappa shape index (κ3) is 6.66. The first-order valence-corrected chi connectivity index (χ1v) is 11.2. The van der Waals surface area contributed by atoms with Gasteiger partial charge in [0.25, 0.3) is 0 Å². The molecule has 0 spiro atoms. The van der Waals surface area contributed by atoms with Crippen LogP contribution in [0.25, 0.3) is 0 Å². The Hall–Kier alpha value is -3.68. The van der Waals surface area contributed by atoms with Gasteiger partial charge in [-0.25, -0.2) is 0 Å². The van der Waals surface area contributed by atoms with E-state index in [0.29, 0.717) is 24.0 Å². The zero-order valence-electron chi connectivity index (χ0n) is 19.8. The molecule has 0 N–H and O–H groups in total. The van der Waals surface area contributed by atoms with Crippen LogP contribution >= 0.6 is 0 Å². The van der Waals surface area contributed by atoms with E-state index in [4.69, 9.17) is 0 Å². The van der Waals surface area contributed by atoms with Crippen LogP contribution in [0.1, 0.15) is 111 Å². The van der Waals surface area contributed by atoms with Gasteiger partial charge in [0, 0.05) is 22.3 Å². The van der Waals surface area contributed by atoms with E-state index in [-0.39, 0.29) is 28.2 Å². The highest BCUT2D eigenvalue weighted by molar-refractivity contribution is 6.02. The quantitative estimate of drug-likeness (QED) is 0.479. The molecule has 0 radical (unpaired) electrons. The number of carbonyl (C=O) groups is 4. The molecule has 2 rings (SSSR count). The zero-order valence-corrected chi connectivity index (χ0v) is 19.8. The molecule has 0 bridgehead atoms. The van der Waals surface area contributed by atoms with Crippen LogP contribution in [-0.4, -0.2) is 23.9 Å². The molecule has 0 amide bonds. The second-order valence-electron chi connectivity index (χ2n) is 7.65. The molecule has 0 aliphatic rings. The summed E-state index contributed by atoms with van der Waals surface area (Å²) in [6.45, 7) is 7.61. The largest absolute Gasteiger partial charge is 0.545 e. The lowest BCUT2D eigenvalue weighted by Crippen LogP contribution is -2.31. The van der Waals surface area contributed by atoms with Gasteiger partial charge in [-0.15, -0.1) is 0 Å². The molecular formula is C26H28O8-4. The van der Waals surface area contributed by atoms with E-state index in [1.54, 1.807) is 25.1 Å². The van der Waals surface area contributed by atoms with Gasteiger partial charge in [-0.2, -0.15) is 0 Å². The summed E-state index contributed by atoms with van der Waals surface area (Å²) in [5.41, 5.74) is 0.771. The Kier molecular flexibility index (Phi) is 10.9. The number of hydrogen-bond acceptors (Lipinski definition) is 8. The molecule has 2 aromatic rings. The topological polar surface area (TPSA) is 161 Å². The summed E-state index contributed by atoms with van der Waals surface area (Å²) in [4.78, 5) is 43.9. The molecule has 0 aromatic heterocycles. The molecule has 1 atom stereocenters. The zero-order chi connectivity index (χ0) is 26.0. The predicted octanol–water partition coefficient (Wildman–Crippen LogP) is 0.246. The summed E-state index contributed by atoms with van der Waals surface area (Å²) in [7, 11) is 0. The van der Waals surface area contributed by atoms with Crippen LogP contribution in [0.3, 0.4) is 0 Å². The molecule has 0 heterocycles. The molecular weight excluding hydrogens is 440 g/mol. The summed E-state index contributed by atoms with van der Waals surface area (Å²) in [5.74, 6) is -5.87. The third-order valence-corrected chi connectivity index (χ3v) is 5.66. The van der Waals surface area contributed by atoms with Gasteiger partial charge in [0.2, 0.25) is 0 Å². The lowest BCUT2D eigenvalue weighted by molar-refractivity contribution is -0.259. The fraction of sp³-hybridized carbons (Fsp3) is 0.385. The number of rotatable bonds is 10. The highest BCUT2D eigenvalue weighted by atomic mass is 16.4. The van der Waals surface area contributed by atoms with E-state index in [0.717, 1.165) is 24.8 Å². The highest BCUT2D eigenvalue weighted by Gasteiger charge is 2.17. The Labute approximate surface area is 198 Å². The maximum absolute atomic E-state index is 11.2. The van der Waals surface area contributed by atoms with Crippen molar-refractivity contribution in [2.75, 3.05) is 0 Å². The van der Waals surface area contributed by atoms with Crippen LogP contribution in [-0.2, 0) is 12.8 Å². The number of carboxylic acid groups (broad SMARTS) is 4. The summed E-state index contributed by atoms with van der Waals surface area (Å²) in [6, 6.07) is 7.32. The van der Waals surface area contributed by atoms with Crippen molar-refractivity contribution in [3.63, 3.8) is 0 Å². The fourth-order valence-corrected chi connectivity index (χ4v) is 4.07. The summed E-state index contributed by atoms with van der Waals surface area (Å²) >= 11 is 0. The minimum atomic E-state index is -1.49. The summed E-state index contributed by atoms with van der Waals surface area (Å²) in [5, 5.41) is 43.9. The van der Waals surface area contributed by atoms with Crippen molar-refractivity contribution in [3.8, 4) is 0 Å². The van der Waals surface area contributed by atoms with Crippen molar-refractivity contribution < 1.29 is 39.6 Å². The van der Waals surface area contributed by atoms with E-state index in [1.165, 1.54) is 12.1 Å². The van der Waals surface area contributed by atoms with E-state index in [9.17, 15) is 39.6 Å². The molecule has 2 aromatic carbocycles. The van der Waals surface area contributed by atoms with Crippen molar-refractivity contribution in [1.29, 1.82) is 0 Å². The number of aromatic carboxylic acids is 4. The first kappa shape index (κ1) is 28.4. The Morgan fingerprint density at radius 2 is 1.26 bits per heavy atom. The molecule has 0 saturated heterocycles. The monoisotopic (exact) mass is 468 g/mol. The average Bonchev–Trinajstić information content (AvgIpc) is 2.80. The minimum absolute atomic E-state index is 0.0298. The lowest BCUT2D eigenvalue weighted by Gasteiger charge is -2.22. The summed E-state index contributed by atoms with van der Waals surface area (Å²) in [6.07, 6.45) is 3.57. The predicted molar refractivity (Wildman–Crippen MR) is 117 cm³/mol. The maximum Gasteiger partial charge on any atom is 0.0724 e. The lowest BCUT2D eigenvalue weighted by atomic mass is 9.86. The Bertz CT molecular complexity index is 1060. The third-order valence-electron chi connectivity index (χ3n) is 5.66. The highest BCUT2D eigenvalue weighted by Crippen LogP contribution is 2.29. The Morgan fingerprint density at radius 3 is 1.68 bits per heavy atom. The SMILES string of the molecule is CCCC(CC)c1cccc(C(=O)[O-])c1C(=O)[O-].CCc1ccc(C(=O)[O-])c(C(=O)[O-])c1CC. The van der Waals surface area contributed by atoms with E-state index >= 15 is 0 Å². The molecule has 0 aliphatic heterocycles. The van der Waals surface area contributed by atoms with Gasteiger partial charge in [-0.1, -0.05) is 64.4 Å². The van der Waals surface area contributed by atoms with Crippen LogP contribution in [0.15, 0.2) is 30.3 Å². The standard InChI is InChI=1S/C14H18O4.C12H14O4/c1-3-6-9(4-2)10-7-5-8-11(13(15)16)12(10)14(17)18;1-3-7-5-6-9(11(13)14)10(12(15)16)8(7)4-2/h5,7-9H,3-4,6H2,1-2H3,(H,15,16)(H,17,18);5-6H,3-4H2,1-2H3,(H,13,14)(H,15,16)/p-4. The first-order valence-electron chi connectivity index (χ1n) is 11.2. The van der Waals surface area contributed by atoms with Crippen LogP contribution in [0, 0.1) is 0 Å². The Morgan fingerprint density at radius 1 is 0.706 bits per heavy atom. The maximum atomic E-state index is 11.2. The van der Waals surface area contributed by atoms with Crippen molar-refractivity contribution in [3.05, 3.63) is 69.3 Å². The normalized spacial score (nSPS) is 11.2. The molecule has 8 heteroatoms. The molecule has 1 unspecified atom stereocenters. The van der Waals surface area contributed by atoms with Crippen LogP contribution < -0.4 is 20.4 Å². The van der Waals surface area contributed by atoms with E-state index in [2.05, 4.69) is 0 Å². The van der Waals surface area contributed by atoms with Crippen molar-refractivity contribution in [2.24, 2.45) is 0 Å². The molecule has 0 saturated carbocycles. The number of hydrogen-bond donors (Lipinski definition) is 0. The number of carboxylic acids is 4. The molecule has 0 fully saturated rings. The van der Waals surface area contributed by atoms with E-state index in [1.807, 2.05) is 20.8 Å². The van der Waals surface area contributed by atoms with Gasteiger partial charge < -0.3 is 39.6 Å². The second kappa shape index (κ2) is 13.1. The average molecular weight is 469 g/mol. The van der Waals surface area contributed by atoms with Gasteiger partial charge in [-0.05, 0) is 48.3 Å². The van der Waals surface area contributed by atoms with E-state index < -0.39 is 23.9 Å². The van der Waals surface area contributed by atoms with Crippen molar-refractivity contribution >= 4 is 23.9 Å². The minimum Gasteiger partial charge on any atom is -0.545 e.